The SMILES string of the molecule is CCCCN(Cc1ccccc1)c1nc(C2CC2)nc(C(=O)OC)c1Cl. The number of ether oxygens (including phenoxy) is 1. The molecule has 1 fully saturated rings. The summed E-state index contributed by atoms with van der Waals surface area (Å²) in [6, 6.07) is 10.2. The number of benzene rings is 1. The summed E-state index contributed by atoms with van der Waals surface area (Å²) < 4.78 is 4.87. The summed E-state index contributed by atoms with van der Waals surface area (Å²) in [6.45, 7) is 3.65. The fourth-order valence-corrected chi connectivity index (χ4v) is 3.11. The molecule has 1 aliphatic carbocycles. The number of unbranched alkanes of at least 4 members (excludes halogenated alkanes) is 1. The lowest BCUT2D eigenvalue weighted by Crippen LogP contribution is -2.27. The minimum absolute atomic E-state index is 0.163. The number of carbonyl (C=O) groups excluding carboxylic acids is 1. The summed E-state index contributed by atoms with van der Waals surface area (Å²) in [5.74, 6) is 1.12. The quantitative estimate of drug-likeness (QED) is 0.633. The Labute approximate surface area is 159 Å². The second kappa shape index (κ2) is 8.49. The fourth-order valence-electron chi connectivity index (χ4n) is 2.83. The lowest BCUT2D eigenvalue weighted by Gasteiger charge is -2.25. The summed E-state index contributed by atoms with van der Waals surface area (Å²) in [7, 11) is 1.34. The molecular weight excluding hydrogens is 350 g/mol. The molecule has 1 aromatic carbocycles. The van der Waals surface area contributed by atoms with Crippen LogP contribution in [0.4, 0.5) is 5.82 Å². The zero-order chi connectivity index (χ0) is 18.5. The summed E-state index contributed by atoms with van der Waals surface area (Å²) in [4.78, 5) is 23.4. The summed E-state index contributed by atoms with van der Waals surface area (Å²) in [6.07, 6.45) is 4.18. The van der Waals surface area contributed by atoms with Gasteiger partial charge < -0.3 is 9.64 Å². The third kappa shape index (κ3) is 4.33. The number of hydrogen-bond donors (Lipinski definition) is 0. The summed E-state index contributed by atoms with van der Waals surface area (Å²) >= 11 is 6.55. The van der Waals surface area contributed by atoms with Gasteiger partial charge in [-0.05, 0) is 24.8 Å². The number of aromatic nitrogens is 2. The van der Waals surface area contributed by atoms with E-state index >= 15 is 0 Å². The van der Waals surface area contributed by atoms with Gasteiger partial charge in [0, 0.05) is 19.0 Å². The van der Waals surface area contributed by atoms with Crippen molar-refractivity contribution in [3.63, 3.8) is 0 Å². The van der Waals surface area contributed by atoms with Crippen LogP contribution in [0.2, 0.25) is 5.02 Å². The van der Waals surface area contributed by atoms with Gasteiger partial charge in [-0.25, -0.2) is 14.8 Å². The molecule has 0 saturated heterocycles. The molecule has 0 radical (unpaired) electrons. The minimum Gasteiger partial charge on any atom is -0.464 e. The number of rotatable bonds is 8. The number of esters is 1. The molecule has 26 heavy (non-hydrogen) atoms. The highest BCUT2D eigenvalue weighted by molar-refractivity contribution is 6.35. The summed E-state index contributed by atoms with van der Waals surface area (Å²) in [5, 5.41) is 0.272. The van der Waals surface area contributed by atoms with E-state index in [2.05, 4.69) is 28.9 Å². The highest BCUT2D eigenvalue weighted by Crippen LogP contribution is 2.40. The second-order valence-corrected chi connectivity index (χ2v) is 6.97. The van der Waals surface area contributed by atoms with Gasteiger partial charge in [0.25, 0.3) is 0 Å². The van der Waals surface area contributed by atoms with Crippen LogP contribution in [0.5, 0.6) is 0 Å². The Kier molecular flexibility index (Phi) is 6.09. The molecule has 1 aliphatic rings. The van der Waals surface area contributed by atoms with Crippen LogP contribution in [0.25, 0.3) is 0 Å². The van der Waals surface area contributed by atoms with Gasteiger partial charge in [0.2, 0.25) is 0 Å². The first-order valence-electron chi connectivity index (χ1n) is 9.08. The summed E-state index contributed by atoms with van der Waals surface area (Å²) in [5.41, 5.74) is 1.33. The van der Waals surface area contributed by atoms with E-state index in [4.69, 9.17) is 21.3 Å². The first-order chi connectivity index (χ1) is 12.6. The monoisotopic (exact) mass is 373 g/mol. The molecule has 0 N–H and O–H groups in total. The normalized spacial score (nSPS) is 13.5. The molecule has 0 atom stereocenters. The lowest BCUT2D eigenvalue weighted by molar-refractivity contribution is 0.0593. The maximum Gasteiger partial charge on any atom is 0.358 e. The van der Waals surface area contributed by atoms with E-state index in [1.807, 2.05) is 18.2 Å². The standard InChI is InChI=1S/C20H24ClN3O2/c1-3-4-12-24(13-14-8-6-5-7-9-14)19-16(21)17(20(25)26-2)22-18(23-19)15-10-11-15/h5-9,15H,3-4,10-13H2,1-2H3. The van der Waals surface area contributed by atoms with Gasteiger partial charge in [0.1, 0.15) is 10.8 Å². The largest absolute Gasteiger partial charge is 0.464 e. The number of nitrogens with zero attached hydrogens (tertiary/aromatic N) is 3. The van der Waals surface area contributed by atoms with Crippen molar-refractivity contribution >= 4 is 23.4 Å². The van der Waals surface area contributed by atoms with Crippen LogP contribution in [-0.4, -0.2) is 29.6 Å². The molecule has 1 heterocycles. The van der Waals surface area contributed by atoms with Crippen molar-refractivity contribution in [3.05, 3.63) is 52.4 Å². The third-order valence-electron chi connectivity index (χ3n) is 4.47. The van der Waals surface area contributed by atoms with Crippen LogP contribution < -0.4 is 4.90 Å². The molecule has 0 bridgehead atoms. The van der Waals surface area contributed by atoms with E-state index in [0.717, 1.165) is 32.2 Å². The maximum atomic E-state index is 12.2. The van der Waals surface area contributed by atoms with Crippen molar-refractivity contribution in [2.75, 3.05) is 18.6 Å². The van der Waals surface area contributed by atoms with Crippen LogP contribution in [0.1, 0.15) is 60.4 Å². The molecule has 1 aromatic heterocycles. The van der Waals surface area contributed by atoms with Crippen molar-refractivity contribution in [2.24, 2.45) is 0 Å². The smallest absolute Gasteiger partial charge is 0.358 e. The predicted octanol–water partition coefficient (Wildman–Crippen LogP) is 4.60. The van der Waals surface area contributed by atoms with Gasteiger partial charge in [0.05, 0.1) is 7.11 Å². The number of anilines is 1. The minimum atomic E-state index is -0.518. The van der Waals surface area contributed by atoms with E-state index in [0.29, 0.717) is 24.1 Å². The van der Waals surface area contributed by atoms with Gasteiger partial charge >= 0.3 is 5.97 Å². The maximum absolute atomic E-state index is 12.2. The molecule has 0 aliphatic heterocycles. The van der Waals surface area contributed by atoms with Crippen LogP contribution in [0.15, 0.2) is 30.3 Å². The van der Waals surface area contributed by atoms with Gasteiger partial charge in [-0.15, -0.1) is 0 Å². The molecule has 1 saturated carbocycles. The molecule has 3 rings (SSSR count). The highest BCUT2D eigenvalue weighted by atomic mass is 35.5. The molecule has 2 aromatic rings. The molecule has 6 heteroatoms. The van der Waals surface area contributed by atoms with Crippen molar-refractivity contribution in [1.82, 2.24) is 9.97 Å². The Morgan fingerprint density at radius 2 is 2.00 bits per heavy atom. The van der Waals surface area contributed by atoms with Gasteiger partial charge in [-0.2, -0.15) is 0 Å². The molecule has 0 amide bonds. The Morgan fingerprint density at radius 1 is 1.27 bits per heavy atom. The lowest BCUT2D eigenvalue weighted by atomic mass is 10.2. The van der Waals surface area contributed by atoms with Gasteiger partial charge in [-0.1, -0.05) is 55.3 Å². The topological polar surface area (TPSA) is 55.3 Å². The second-order valence-electron chi connectivity index (χ2n) is 6.59. The molecule has 0 spiro atoms. The Bertz CT molecular complexity index is 763. The van der Waals surface area contributed by atoms with Crippen molar-refractivity contribution < 1.29 is 9.53 Å². The number of hydrogen-bond acceptors (Lipinski definition) is 5. The highest BCUT2D eigenvalue weighted by Gasteiger charge is 2.31. The number of halogens is 1. The fraction of sp³-hybridized carbons (Fsp3) is 0.450. The van der Waals surface area contributed by atoms with E-state index in [1.54, 1.807) is 0 Å². The van der Waals surface area contributed by atoms with Crippen LogP contribution in [-0.2, 0) is 11.3 Å². The van der Waals surface area contributed by atoms with E-state index in [-0.39, 0.29) is 10.7 Å². The van der Waals surface area contributed by atoms with E-state index in [1.165, 1.54) is 12.7 Å². The molecule has 138 valence electrons. The van der Waals surface area contributed by atoms with E-state index in [9.17, 15) is 4.79 Å². The zero-order valence-electron chi connectivity index (χ0n) is 15.2. The van der Waals surface area contributed by atoms with Crippen LogP contribution >= 0.6 is 11.6 Å². The first-order valence-corrected chi connectivity index (χ1v) is 9.46. The van der Waals surface area contributed by atoms with Crippen molar-refractivity contribution in [3.8, 4) is 0 Å². The predicted molar refractivity (Wildman–Crippen MR) is 103 cm³/mol. The molecular formula is C20H24ClN3O2. The van der Waals surface area contributed by atoms with Gasteiger partial charge in [0.15, 0.2) is 11.5 Å². The number of carbonyl (C=O) groups is 1. The average Bonchev–Trinajstić information content (AvgIpc) is 3.51. The van der Waals surface area contributed by atoms with Crippen LogP contribution in [0.3, 0.4) is 0 Å². The molecule has 0 unspecified atom stereocenters. The van der Waals surface area contributed by atoms with E-state index < -0.39 is 5.97 Å². The molecule has 5 nitrogen and oxygen atoms in total. The average molecular weight is 374 g/mol. The van der Waals surface area contributed by atoms with Crippen molar-refractivity contribution in [1.29, 1.82) is 0 Å². The Balaban J connectivity index is 2.00. The van der Waals surface area contributed by atoms with Gasteiger partial charge in [-0.3, -0.25) is 0 Å². The van der Waals surface area contributed by atoms with Crippen LogP contribution in [0, 0.1) is 0 Å². The number of methoxy groups -OCH3 is 1. The zero-order valence-corrected chi connectivity index (χ0v) is 16.0. The van der Waals surface area contributed by atoms with Crippen molar-refractivity contribution in [2.45, 2.75) is 45.1 Å². The first kappa shape index (κ1) is 18.6. The Hall–Kier alpha value is -2.14. The third-order valence-corrected chi connectivity index (χ3v) is 4.82. The Morgan fingerprint density at radius 3 is 2.62 bits per heavy atom.